The first-order valence-electron chi connectivity index (χ1n) is 7.70. The molecular formula is C16H25N3O2. The van der Waals surface area contributed by atoms with Crippen LogP contribution in [0.15, 0.2) is 18.2 Å². The second-order valence-corrected chi connectivity index (χ2v) is 6.03. The number of benzene rings is 1. The molecule has 0 aromatic heterocycles. The fraction of sp³-hybridized carbons (Fsp3) is 0.625. The van der Waals surface area contributed by atoms with Gasteiger partial charge in [-0.2, -0.15) is 0 Å². The van der Waals surface area contributed by atoms with Crippen LogP contribution < -0.4 is 5.32 Å². The van der Waals surface area contributed by atoms with Crippen molar-refractivity contribution in [3.05, 3.63) is 39.4 Å². The Hall–Kier alpha value is -1.46. The molecule has 1 aliphatic heterocycles. The van der Waals surface area contributed by atoms with Crippen molar-refractivity contribution in [2.24, 2.45) is 5.92 Å². The van der Waals surface area contributed by atoms with E-state index in [4.69, 9.17) is 0 Å². The van der Waals surface area contributed by atoms with Gasteiger partial charge in [-0.15, -0.1) is 0 Å². The number of piperidine rings is 1. The van der Waals surface area contributed by atoms with Gasteiger partial charge in [-0.3, -0.25) is 10.1 Å². The smallest absolute Gasteiger partial charge is 0.272 e. The minimum atomic E-state index is -0.308. The Kier molecular flexibility index (Phi) is 5.70. The van der Waals surface area contributed by atoms with Gasteiger partial charge in [0.1, 0.15) is 0 Å². The predicted octanol–water partition coefficient (Wildman–Crippen LogP) is 2.72. The molecule has 2 rings (SSSR count). The van der Waals surface area contributed by atoms with Crippen LogP contribution in [-0.2, 0) is 6.54 Å². The van der Waals surface area contributed by atoms with Crippen molar-refractivity contribution in [3.8, 4) is 0 Å². The van der Waals surface area contributed by atoms with Crippen molar-refractivity contribution >= 4 is 5.69 Å². The Labute approximate surface area is 126 Å². The van der Waals surface area contributed by atoms with Crippen molar-refractivity contribution in [3.63, 3.8) is 0 Å². The highest BCUT2D eigenvalue weighted by Crippen LogP contribution is 2.21. The first-order valence-corrected chi connectivity index (χ1v) is 7.70. The summed E-state index contributed by atoms with van der Waals surface area (Å²) in [6.45, 7) is 5.92. The molecular weight excluding hydrogens is 266 g/mol. The van der Waals surface area contributed by atoms with Crippen LogP contribution in [0.5, 0.6) is 0 Å². The Bertz CT molecular complexity index is 482. The summed E-state index contributed by atoms with van der Waals surface area (Å²) in [6.07, 6.45) is 3.77. The number of nitrogens with one attached hydrogen (secondary N) is 1. The highest BCUT2D eigenvalue weighted by atomic mass is 16.6. The maximum Gasteiger partial charge on any atom is 0.272 e. The van der Waals surface area contributed by atoms with Crippen LogP contribution in [0.1, 0.15) is 30.4 Å². The molecule has 1 saturated heterocycles. The third-order valence-electron chi connectivity index (χ3n) is 4.50. The maximum atomic E-state index is 10.9. The molecule has 0 bridgehead atoms. The Morgan fingerprint density at radius 3 is 2.76 bits per heavy atom. The molecule has 0 radical (unpaired) electrons. The van der Waals surface area contributed by atoms with Crippen molar-refractivity contribution in [2.45, 2.75) is 32.7 Å². The van der Waals surface area contributed by atoms with E-state index in [0.717, 1.165) is 23.6 Å². The van der Waals surface area contributed by atoms with E-state index < -0.39 is 0 Å². The van der Waals surface area contributed by atoms with E-state index in [0.29, 0.717) is 6.54 Å². The van der Waals surface area contributed by atoms with Crippen LogP contribution in [0.25, 0.3) is 0 Å². The zero-order valence-corrected chi connectivity index (χ0v) is 13.0. The summed E-state index contributed by atoms with van der Waals surface area (Å²) in [4.78, 5) is 13.0. The largest absolute Gasteiger partial charge is 0.313 e. The molecule has 5 nitrogen and oxygen atoms in total. The minimum Gasteiger partial charge on any atom is -0.313 e. The number of hydrogen-bond acceptors (Lipinski definition) is 4. The summed E-state index contributed by atoms with van der Waals surface area (Å²) >= 11 is 0. The number of hydrogen-bond donors (Lipinski definition) is 1. The average molecular weight is 291 g/mol. The molecule has 0 aliphatic carbocycles. The number of likely N-dealkylation sites (tertiary alicyclic amines) is 1. The molecule has 0 atom stereocenters. The molecule has 0 amide bonds. The summed E-state index contributed by atoms with van der Waals surface area (Å²) < 4.78 is 0. The van der Waals surface area contributed by atoms with Gasteiger partial charge in [0.2, 0.25) is 0 Å². The van der Waals surface area contributed by atoms with Crippen LogP contribution >= 0.6 is 0 Å². The van der Waals surface area contributed by atoms with Gasteiger partial charge in [0, 0.05) is 18.2 Å². The number of rotatable bonds is 6. The topological polar surface area (TPSA) is 58.4 Å². The van der Waals surface area contributed by atoms with Gasteiger partial charge < -0.3 is 10.2 Å². The van der Waals surface area contributed by atoms with E-state index in [1.54, 1.807) is 12.1 Å². The van der Waals surface area contributed by atoms with Crippen LogP contribution in [0.3, 0.4) is 0 Å². The van der Waals surface area contributed by atoms with Crippen molar-refractivity contribution in [2.75, 3.05) is 26.7 Å². The maximum absolute atomic E-state index is 10.9. The normalized spacial score (nSPS) is 17.0. The molecule has 1 aromatic rings. The van der Waals surface area contributed by atoms with Crippen LogP contribution in [0.4, 0.5) is 5.69 Å². The summed E-state index contributed by atoms with van der Waals surface area (Å²) in [6, 6.07) is 5.29. The highest BCUT2D eigenvalue weighted by Gasteiger charge is 2.16. The molecule has 116 valence electrons. The number of nitro benzene ring substituents is 1. The van der Waals surface area contributed by atoms with E-state index in [-0.39, 0.29) is 10.6 Å². The van der Waals surface area contributed by atoms with Gasteiger partial charge in [-0.05, 0) is 64.3 Å². The lowest BCUT2D eigenvalue weighted by molar-refractivity contribution is -0.385. The average Bonchev–Trinajstić information content (AvgIpc) is 2.46. The van der Waals surface area contributed by atoms with Gasteiger partial charge >= 0.3 is 0 Å². The van der Waals surface area contributed by atoms with Gasteiger partial charge in [0.15, 0.2) is 0 Å². The first kappa shape index (κ1) is 15.9. The SMILES string of the molecule is Cc1c(CNCCC2CCN(C)CC2)cccc1[N+](=O)[O-]. The van der Waals surface area contributed by atoms with Crippen LogP contribution in [-0.4, -0.2) is 36.5 Å². The number of nitro groups is 1. The summed E-state index contributed by atoms with van der Waals surface area (Å²) in [5, 5.41) is 14.3. The monoisotopic (exact) mass is 291 g/mol. The van der Waals surface area contributed by atoms with Crippen molar-refractivity contribution < 1.29 is 4.92 Å². The van der Waals surface area contributed by atoms with E-state index in [1.165, 1.54) is 32.4 Å². The highest BCUT2D eigenvalue weighted by molar-refractivity contribution is 5.44. The van der Waals surface area contributed by atoms with Crippen LogP contribution in [0.2, 0.25) is 0 Å². The predicted molar refractivity (Wildman–Crippen MR) is 84.4 cm³/mol. The quantitative estimate of drug-likeness (QED) is 0.497. The molecule has 21 heavy (non-hydrogen) atoms. The minimum absolute atomic E-state index is 0.213. The van der Waals surface area contributed by atoms with Gasteiger partial charge in [0.05, 0.1) is 4.92 Å². The number of nitrogens with zero attached hydrogens (tertiary/aromatic N) is 2. The molecule has 1 fully saturated rings. The Balaban J connectivity index is 1.76. The second kappa shape index (κ2) is 7.52. The van der Waals surface area contributed by atoms with Gasteiger partial charge in [-0.25, -0.2) is 0 Å². The molecule has 0 spiro atoms. The molecule has 5 heteroatoms. The fourth-order valence-electron chi connectivity index (χ4n) is 2.94. The molecule has 1 aromatic carbocycles. The summed E-state index contributed by atoms with van der Waals surface area (Å²) in [5.74, 6) is 0.819. The van der Waals surface area contributed by atoms with E-state index in [9.17, 15) is 10.1 Å². The fourth-order valence-corrected chi connectivity index (χ4v) is 2.94. The molecule has 1 aliphatic rings. The van der Waals surface area contributed by atoms with Gasteiger partial charge in [-0.1, -0.05) is 12.1 Å². The lowest BCUT2D eigenvalue weighted by Gasteiger charge is -2.28. The van der Waals surface area contributed by atoms with Crippen molar-refractivity contribution in [1.29, 1.82) is 0 Å². The van der Waals surface area contributed by atoms with Crippen LogP contribution in [0, 0.1) is 23.0 Å². The standard InChI is InChI=1S/C16H25N3O2/c1-13-15(4-3-5-16(13)19(20)21)12-17-9-6-14-7-10-18(2)11-8-14/h3-5,14,17H,6-12H2,1-2H3. The Morgan fingerprint density at radius 2 is 2.10 bits per heavy atom. The Morgan fingerprint density at radius 1 is 1.38 bits per heavy atom. The van der Waals surface area contributed by atoms with E-state index >= 15 is 0 Å². The first-order chi connectivity index (χ1) is 10.1. The summed E-state index contributed by atoms with van der Waals surface area (Å²) in [5.41, 5.74) is 2.01. The third kappa shape index (κ3) is 4.51. The van der Waals surface area contributed by atoms with E-state index in [2.05, 4.69) is 17.3 Å². The third-order valence-corrected chi connectivity index (χ3v) is 4.50. The lowest BCUT2D eigenvalue weighted by Crippen LogP contribution is -2.31. The summed E-state index contributed by atoms with van der Waals surface area (Å²) in [7, 11) is 2.18. The van der Waals surface area contributed by atoms with Crippen molar-refractivity contribution in [1.82, 2.24) is 10.2 Å². The molecule has 1 heterocycles. The molecule has 1 N–H and O–H groups in total. The van der Waals surface area contributed by atoms with Gasteiger partial charge in [0.25, 0.3) is 5.69 Å². The zero-order chi connectivity index (χ0) is 15.2. The lowest BCUT2D eigenvalue weighted by atomic mass is 9.94. The second-order valence-electron chi connectivity index (χ2n) is 6.03. The molecule has 0 unspecified atom stereocenters. The molecule has 0 saturated carbocycles. The van der Waals surface area contributed by atoms with E-state index in [1.807, 2.05) is 13.0 Å². The zero-order valence-electron chi connectivity index (χ0n) is 13.0.